The van der Waals surface area contributed by atoms with Gasteiger partial charge in [0.25, 0.3) is 0 Å². The lowest BCUT2D eigenvalue weighted by atomic mass is 10.0. The maximum Gasteiger partial charge on any atom is 0.233 e. The smallest absolute Gasteiger partial charge is 0.233 e. The lowest BCUT2D eigenvalue weighted by Gasteiger charge is -2.30. The fourth-order valence-corrected chi connectivity index (χ4v) is 4.70. The lowest BCUT2D eigenvalue weighted by molar-refractivity contribution is -0.130. The number of carbonyl (C=O) groups is 1. The fraction of sp³-hybridized carbons (Fsp3) is 0.526. The van der Waals surface area contributed by atoms with Crippen LogP contribution >= 0.6 is 23.1 Å². The first-order valence-corrected chi connectivity index (χ1v) is 10.9. The van der Waals surface area contributed by atoms with Crippen LogP contribution in [-0.2, 0) is 4.79 Å². The predicted molar refractivity (Wildman–Crippen MR) is 109 cm³/mol. The predicted octanol–water partition coefficient (Wildman–Crippen LogP) is 4.76. The van der Waals surface area contributed by atoms with E-state index in [2.05, 4.69) is 60.6 Å². The van der Waals surface area contributed by atoms with E-state index in [9.17, 15) is 4.79 Å². The molecule has 140 valence electrons. The molecule has 0 bridgehead atoms. The zero-order valence-electron chi connectivity index (χ0n) is 15.6. The molecule has 1 atom stereocenters. The number of anilines is 2. The first-order chi connectivity index (χ1) is 12.5. The van der Waals surface area contributed by atoms with E-state index >= 15 is 0 Å². The number of amides is 1. The minimum Gasteiger partial charge on any atom is -0.342 e. The van der Waals surface area contributed by atoms with Gasteiger partial charge in [0.15, 0.2) is 4.34 Å². The molecular formula is C19H26N4OS2. The van der Waals surface area contributed by atoms with Crippen LogP contribution in [0.25, 0.3) is 0 Å². The summed E-state index contributed by atoms with van der Waals surface area (Å²) in [5.74, 6) is 1.77. The Kier molecular flexibility index (Phi) is 6.53. The number of nitrogens with one attached hydrogen (secondary N) is 1. The molecule has 1 aromatic carbocycles. The highest BCUT2D eigenvalue weighted by molar-refractivity contribution is 8.01. The van der Waals surface area contributed by atoms with Crippen molar-refractivity contribution in [2.24, 2.45) is 5.92 Å². The number of thioether (sulfide) groups is 1. The van der Waals surface area contributed by atoms with Gasteiger partial charge in [0.05, 0.1) is 5.75 Å². The second kappa shape index (κ2) is 8.86. The van der Waals surface area contributed by atoms with Gasteiger partial charge in [-0.3, -0.25) is 4.79 Å². The highest BCUT2D eigenvalue weighted by Gasteiger charge is 2.21. The van der Waals surface area contributed by atoms with Crippen LogP contribution < -0.4 is 5.32 Å². The molecule has 2 aromatic rings. The van der Waals surface area contributed by atoms with Crippen LogP contribution in [0.4, 0.5) is 10.8 Å². The second-order valence-electron chi connectivity index (χ2n) is 7.15. The van der Waals surface area contributed by atoms with E-state index in [0.29, 0.717) is 17.6 Å². The molecule has 1 N–H and O–H groups in total. The number of piperidine rings is 1. The lowest BCUT2D eigenvalue weighted by Crippen LogP contribution is -2.40. The highest BCUT2D eigenvalue weighted by atomic mass is 32.2. The molecule has 0 aliphatic carbocycles. The molecule has 1 aliphatic heterocycles. The van der Waals surface area contributed by atoms with Crippen molar-refractivity contribution in [3.8, 4) is 0 Å². The fourth-order valence-electron chi connectivity index (χ4n) is 3.02. The number of benzene rings is 1. The van der Waals surface area contributed by atoms with Gasteiger partial charge in [-0.05, 0) is 42.4 Å². The Balaban J connectivity index is 1.50. The van der Waals surface area contributed by atoms with Crippen molar-refractivity contribution in [3.63, 3.8) is 0 Å². The standard InChI is InChI=1S/C19H26N4OS2/c1-13(2)15-6-8-16(9-7-15)20-18-21-22-19(26-18)25-12-17(24)23-10-4-5-14(3)11-23/h6-9,13-14H,4-5,10-12H2,1-3H3,(H,20,21)/t14-/m1/s1. The monoisotopic (exact) mass is 390 g/mol. The van der Waals surface area contributed by atoms with Crippen molar-refractivity contribution < 1.29 is 4.79 Å². The van der Waals surface area contributed by atoms with Gasteiger partial charge in [0.1, 0.15) is 0 Å². The Bertz CT molecular complexity index is 729. The summed E-state index contributed by atoms with van der Waals surface area (Å²) >= 11 is 2.96. The zero-order valence-corrected chi connectivity index (χ0v) is 17.2. The van der Waals surface area contributed by atoms with Gasteiger partial charge >= 0.3 is 0 Å². The number of rotatable bonds is 6. The van der Waals surface area contributed by atoms with E-state index in [1.54, 1.807) is 0 Å². The third-order valence-corrected chi connectivity index (χ3v) is 6.52. The normalized spacial score (nSPS) is 17.5. The third-order valence-electron chi connectivity index (χ3n) is 4.56. The molecular weight excluding hydrogens is 364 g/mol. The van der Waals surface area contributed by atoms with E-state index in [4.69, 9.17) is 0 Å². The Morgan fingerprint density at radius 3 is 2.81 bits per heavy atom. The van der Waals surface area contributed by atoms with Gasteiger partial charge in [-0.2, -0.15) is 0 Å². The molecule has 1 saturated heterocycles. The Morgan fingerprint density at radius 1 is 1.35 bits per heavy atom. The average Bonchev–Trinajstić information content (AvgIpc) is 3.07. The van der Waals surface area contributed by atoms with E-state index in [1.165, 1.54) is 35.1 Å². The van der Waals surface area contributed by atoms with E-state index in [1.807, 2.05) is 4.90 Å². The molecule has 5 nitrogen and oxygen atoms in total. The highest BCUT2D eigenvalue weighted by Crippen LogP contribution is 2.29. The molecule has 1 amide bonds. The maximum absolute atomic E-state index is 12.3. The van der Waals surface area contributed by atoms with Gasteiger partial charge in [-0.15, -0.1) is 10.2 Å². The van der Waals surface area contributed by atoms with Crippen molar-refractivity contribution in [1.82, 2.24) is 15.1 Å². The van der Waals surface area contributed by atoms with Crippen molar-refractivity contribution in [2.45, 2.75) is 43.9 Å². The van der Waals surface area contributed by atoms with Crippen LogP contribution in [0.3, 0.4) is 0 Å². The minimum absolute atomic E-state index is 0.204. The van der Waals surface area contributed by atoms with Crippen LogP contribution in [0.5, 0.6) is 0 Å². The summed E-state index contributed by atoms with van der Waals surface area (Å²) in [5.41, 5.74) is 2.31. The number of hydrogen-bond donors (Lipinski definition) is 1. The van der Waals surface area contributed by atoms with E-state index < -0.39 is 0 Å². The number of carbonyl (C=O) groups excluding carboxylic acids is 1. The number of nitrogens with zero attached hydrogens (tertiary/aromatic N) is 3. The number of likely N-dealkylation sites (tertiary alicyclic amines) is 1. The van der Waals surface area contributed by atoms with E-state index in [0.717, 1.165) is 34.7 Å². The van der Waals surface area contributed by atoms with Crippen molar-refractivity contribution in [3.05, 3.63) is 29.8 Å². The summed E-state index contributed by atoms with van der Waals surface area (Å²) in [6, 6.07) is 8.37. The van der Waals surface area contributed by atoms with Crippen molar-refractivity contribution >= 4 is 39.8 Å². The topological polar surface area (TPSA) is 58.1 Å². The van der Waals surface area contributed by atoms with Gasteiger partial charge < -0.3 is 10.2 Å². The Morgan fingerprint density at radius 2 is 2.12 bits per heavy atom. The summed E-state index contributed by atoms with van der Waals surface area (Å²) in [6.45, 7) is 8.35. The summed E-state index contributed by atoms with van der Waals surface area (Å²) in [7, 11) is 0. The van der Waals surface area contributed by atoms with Crippen LogP contribution in [0.1, 0.15) is 45.1 Å². The van der Waals surface area contributed by atoms with Gasteiger partial charge in [-0.25, -0.2) is 0 Å². The van der Waals surface area contributed by atoms with Gasteiger partial charge in [0, 0.05) is 18.8 Å². The van der Waals surface area contributed by atoms with Crippen LogP contribution in [-0.4, -0.2) is 39.8 Å². The molecule has 1 aliphatic rings. The van der Waals surface area contributed by atoms with Crippen molar-refractivity contribution in [2.75, 3.05) is 24.2 Å². The number of hydrogen-bond acceptors (Lipinski definition) is 6. The van der Waals surface area contributed by atoms with Crippen LogP contribution in [0.15, 0.2) is 28.6 Å². The zero-order chi connectivity index (χ0) is 18.5. The molecule has 26 heavy (non-hydrogen) atoms. The Hall–Kier alpha value is -1.60. The first-order valence-electron chi connectivity index (χ1n) is 9.12. The number of aromatic nitrogens is 2. The maximum atomic E-state index is 12.3. The molecule has 0 spiro atoms. The molecule has 3 rings (SSSR count). The minimum atomic E-state index is 0.204. The average molecular weight is 391 g/mol. The third kappa shape index (κ3) is 5.20. The molecule has 0 saturated carbocycles. The molecule has 0 radical (unpaired) electrons. The summed E-state index contributed by atoms with van der Waals surface area (Å²) in [5, 5.41) is 12.4. The SMILES string of the molecule is CC(C)c1ccc(Nc2nnc(SCC(=O)N3CCC[C@@H](C)C3)s2)cc1. The first kappa shape index (κ1) is 19.2. The molecule has 1 fully saturated rings. The summed E-state index contributed by atoms with van der Waals surface area (Å²) in [6.07, 6.45) is 2.33. The van der Waals surface area contributed by atoms with E-state index in [-0.39, 0.29) is 5.91 Å². The molecule has 0 unspecified atom stereocenters. The molecule has 1 aromatic heterocycles. The van der Waals surface area contributed by atoms with Gasteiger partial charge in [0.2, 0.25) is 11.0 Å². The molecule has 2 heterocycles. The van der Waals surface area contributed by atoms with Crippen LogP contribution in [0, 0.1) is 5.92 Å². The largest absolute Gasteiger partial charge is 0.342 e. The van der Waals surface area contributed by atoms with Crippen LogP contribution in [0.2, 0.25) is 0 Å². The molecule has 7 heteroatoms. The van der Waals surface area contributed by atoms with Gasteiger partial charge in [-0.1, -0.05) is 56.0 Å². The summed E-state index contributed by atoms with van der Waals surface area (Å²) < 4.78 is 0.824. The quantitative estimate of drug-likeness (QED) is 0.721. The van der Waals surface area contributed by atoms with Crippen molar-refractivity contribution in [1.29, 1.82) is 0 Å². The Labute approximate surface area is 163 Å². The second-order valence-corrected chi connectivity index (χ2v) is 9.35. The summed E-state index contributed by atoms with van der Waals surface area (Å²) in [4.78, 5) is 14.3.